The van der Waals surface area contributed by atoms with Crippen LogP contribution in [0.3, 0.4) is 0 Å². The van der Waals surface area contributed by atoms with Crippen LogP contribution >= 0.6 is 0 Å². The zero-order valence-electron chi connectivity index (χ0n) is 12.7. The van der Waals surface area contributed by atoms with Gasteiger partial charge in [-0.25, -0.2) is 0 Å². The van der Waals surface area contributed by atoms with E-state index in [2.05, 4.69) is 15.0 Å². The molecule has 3 aromatic rings. The summed E-state index contributed by atoms with van der Waals surface area (Å²) in [5.41, 5.74) is 3.12. The van der Waals surface area contributed by atoms with E-state index in [1.165, 1.54) is 0 Å². The second kappa shape index (κ2) is 7.84. The third-order valence-electron chi connectivity index (χ3n) is 3.26. The minimum atomic E-state index is 0.580. The van der Waals surface area contributed by atoms with Crippen LogP contribution in [-0.2, 0) is 6.42 Å². The lowest BCUT2D eigenvalue weighted by Crippen LogP contribution is -2.02. The molecule has 0 unspecified atom stereocenters. The van der Waals surface area contributed by atoms with Crippen molar-refractivity contribution in [2.75, 3.05) is 6.61 Å². The molecule has 0 bridgehead atoms. The lowest BCUT2D eigenvalue weighted by Gasteiger charge is -2.06. The summed E-state index contributed by atoms with van der Waals surface area (Å²) in [6.45, 7) is 0.580. The zero-order chi connectivity index (χ0) is 15.7. The monoisotopic (exact) mass is 303 g/mol. The fraction of sp³-hybridized carbons (Fsp3) is 0.105. The fourth-order valence-corrected chi connectivity index (χ4v) is 2.09. The van der Waals surface area contributed by atoms with E-state index >= 15 is 0 Å². The molecule has 0 aromatic carbocycles. The Kier molecular flexibility index (Phi) is 5.08. The molecule has 23 heavy (non-hydrogen) atoms. The molecule has 3 heterocycles. The Labute approximate surface area is 135 Å². The van der Waals surface area contributed by atoms with Crippen LogP contribution in [0, 0.1) is 0 Å². The van der Waals surface area contributed by atoms with Crippen LogP contribution in [-0.4, -0.2) is 21.6 Å². The van der Waals surface area contributed by atoms with Crippen molar-refractivity contribution in [1.82, 2.24) is 15.0 Å². The van der Waals surface area contributed by atoms with Crippen LogP contribution in [0.15, 0.2) is 67.4 Å². The highest BCUT2D eigenvalue weighted by Gasteiger charge is 1.98. The molecule has 114 valence electrons. The zero-order valence-corrected chi connectivity index (χ0v) is 12.7. The van der Waals surface area contributed by atoms with E-state index in [1.807, 2.05) is 54.7 Å². The van der Waals surface area contributed by atoms with Gasteiger partial charge < -0.3 is 4.74 Å². The van der Waals surface area contributed by atoms with E-state index in [4.69, 9.17) is 4.74 Å². The van der Waals surface area contributed by atoms with E-state index in [0.717, 1.165) is 29.0 Å². The number of hydrogen-bond acceptors (Lipinski definition) is 4. The van der Waals surface area contributed by atoms with Gasteiger partial charge in [0, 0.05) is 36.9 Å². The first-order valence-electron chi connectivity index (χ1n) is 7.46. The topological polar surface area (TPSA) is 47.9 Å². The first-order valence-corrected chi connectivity index (χ1v) is 7.46. The Hall–Kier alpha value is -3.01. The highest BCUT2D eigenvalue weighted by molar-refractivity contribution is 5.69. The fourth-order valence-electron chi connectivity index (χ4n) is 2.09. The maximum absolute atomic E-state index is 5.76. The van der Waals surface area contributed by atoms with Gasteiger partial charge in [0.25, 0.3) is 0 Å². The van der Waals surface area contributed by atoms with Crippen LogP contribution in [0.4, 0.5) is 0 Å². The van der Waals surface area contributed by atoms with E-state index < -0.39 is 0 Å². The molecule has 0 N–H and O–H groups in total. The van der Waals surface area contributed by atoms with Crippen molar-refractivity contribution < 1.29 is 4.74 Å². The summed E-state index contributed by atoms with van der Waals surface area (Å²) < 4.78 is 5.76. The maximum atomic E-state index is 5.76. The minimum Gasteiger partial charge on any atom is -0.492 e. The summed E-state index contributed by atoms with van der Waals surface area (Å²) in [6.07, 6.45) is 13.7. The molecule has 3 aromatic heterocycles. The van der Waals surface area contributed by atoms with Crippen molar-refractivity contribution in [2.24, 2.45) is 0 Å². The van der Waals surface area contributed by atoms with E-state index in [0.29, 0.717) is 6.61 Å². The Balaban J connectivity index is 1.58. The Morgan fingerprint density at radius 2 is 1.74 bits per heavy atom. The van der Waals surface area contributed by atoms with Gasteiger partial charge in [-0.2, -0.15) is 0 Å². The first-order chi connectivity index (χ1) is 11.4. The van der Waals surface area contributed by atoms with Gasteiger partial charge in [-0.15, -0.1) is 0 Å². The number of ether oxygens (including phenoxy) is 1. The number of rotatable bonds is 6. The highest BCUT2D eigenvalue weighted by atomic mass is 16.5. The van der Waals surface area contributed by atoms with Gasteiger partial charge in [-0.3, -0.25) is 15.0 Å². The second-order valence-electron chi connectivity index (χ2n) is 4.99. The molecule has 4 heteroatoms. The largest absolute Gasteiger partial charge is 0.492 e. The molecular weight excluding hydrogens is 286 g/mol. The van der Waals surface area contributed by atoms with Gasteiger partial charge in [-0.05, 0) is 41.5 Å². The van der Waals surface area contributed by atoms with Gasteiger partial charge in [-0.1, -0.05) is 18.2 Å². The van der Waals surface area contributed by atoms with Crippen molar-refractivity contribution in [3.63, 3.8) is 0 Å². The number of aromatic nitrogens is 3. The average molecular weight is 303 g/mol. The van der Waals surface area contributed by atoms with Crippen molar-refractivity contribution in [3.8, 4) is 5.75 Å². The molecule has 4 nitrogen and oxygen atoms in total. The van der Waals surface area contributed by atoms with Gasteiger partial charge >= 0.3 is 0 Å². The van der Waals surface area contributed by atoms with E-state index in [1.54, 1.807) is 24.8 Å². The van der Waals surface area contributed by atoms with Crippen molar-refractivity contribution >= 4 is 12.2 Å². The SMILES string of the molecule is C(=Cc1cncc(OCCc2ccccn2)c1)c1ccncc1. The van der Waals surface area contributed by atoms with Gasteiger partial charge in [0.2, 0.25) is 0 Å². The summed E-state index contributed by atoms with van der Waals surface area (Å²) >= 11 is 0. The van der Waals surface area contributed by atoms with Crippen LogP contribution < -0.4 is 4.74 Å². The lowest BCUT2D eigenvalue weighted by atomic mass is 10.2. The normalized spacial score (nSPS) is 10.8. The van der Waals surface area contributed by atoms with Crippen molar-refractivity contribution in [3.05, 3.63) is 84.2 Å². The number of hydrogen-bond donors (Lipinski definition) is 0. The molecule has 0 fully saturated rings. The maximum Gasteiger partial charge on any atom is 0.138 e. The lowest BCUT2D eigenvalue weighted by molar-refractivity contribution is 0.319. The molecule has 0 saturated carbocycles. The van der Waals surface area contributed by atoms with Crippen LogP contribution in [0.25, 0.3) is 12.2 Å². The third kappa shape index (κ3) is 4.74. The van der Waals surface area contributed by atoms with E-state index in [-0.39, 0.29) is 0 Å². The number of pyridine rings is 3. The van der Waals surface area contributed by atoms with Gasteiger partial charge in [0.1, 0.15) is 5.75 Å². The average Bonchev–Trinajstić information content (AvgIpc) is 2.62. The second-order valence-corrected chi connectivity index (χ2v) is 4.99. The summed E-state index contributed by atoms with van der Waals surface area (Å²) in [7, 11) is 0. The molecule has 0 amide bonds. The quantitative estimate of drug-likeness (QED) is 0.697. The van der Waals surface area contributed by atoms with Crippen LogP contribution in [0.2, 0.25) is 0 Å². The smallest absolute Gasteiger partial charge is 0.138 e. The summed E-state index contributed by atoms with van der Waals surface area (Å²) in [4.78, 5) is 12.5. The Morgan fingerprint density at radius 3 is 2.57 bits per heavy atom. The Morgan fingerprint density at radius 1 is 0.870 bits per heavy atom. The predicted octanol–water partition coefficient (Wildman–Crippen LogP) is 3.66. The molecule has 0 spiro atoms. The standard InChI is InChI=1S/C19H17N3O/c1-2-9-22-18(3-1)8-12-23-19-13-17(14-21-15-19)5-4-16-6-10-20-11-7-16/h1-7,9-11,13-15H,8,12H2. The first kappa shape index (κ1) is 14.9. The minimum absolute atomic E-state index is 0.580. The molecule has 0 aliphatic heterocycles. The van der Waals surface area contributed by atoms with Crippen LogP contribution in [0.1, 0.15) is 16.8 Å². The summed E-state index contributed by atoms with van der Waals surface area (Å²) in [5.74, 6) is 0.762. The molecule has 0 radical (unpaired) electrons. The molecule has 0 saturated heterocycles. The number of nitrogens with zero attached hydrogens (tertiary/aromatic N) is 3. The van der Waals surface area contributed by atoms with Crippen molar-refractivity contribution in [1.29, 1.82) is 0 Å². The molecule has 0 aliphatic rings. The van der Waals surface area contributed by atoms with Gasteiger partial charge in [0.15, 0.2) is 0 Å². The Bertz CT molecular complexity index is 758. The highest BCUT2D eigenvalue weighted by Crippen LogP contribution is 2.14. The van der Waals surface area contributed by atoms with E-state index in [9.17, 15) is 0 Å². The molecule has 3 rings (SSSR count). The molecular formula is C19H17N3O. The molecule has 0 aliphatic carbocycles. The third-order valence-corrected chi connectivity index (χ3v) is 3.26. The summed E-state index contributed by atoms with van der Waals surface area (Å²) in [6, 6.07) is 11.8. The van der Waals surface area contributed by atoms with Crippen molar-refractivity contribution in [2.45, 2.75) is 6.42 Å². The van der Waals surface area contributed by atoms with Gasteiger partial charge in [0.05, 0.1) is 12.8 Å². The summed E-state index contributed by atoms with van der Waals surface area (Å²) in [5, 5.41) is 0. The predicted molar refractivity (Wildman–Crippen MR) is 90.8 cm³/mol. The van der Waals surface area contributed by atoms with Crippen LogP contribution in [0.5, 0.6) is 5.75 Å². The molecule has 0 atom stereocenters.